The van der Waals surface area contributed by atoms with Crippen LogP contribution in [0, 0.1) is 5.92 Å². The fraction of sp³-hybridized carbons (Fsp3) is 0.467. The summed E-state index contributed by atoms with van der Waals surface area (Å²) in [6.45, 7) is 4.33. The van der Waals surface area contributed by atoms with Gasteiger partial charge in [0.15, 0.2) is 6.29 Å². The summed E-state index contributed by atoms with van der Waals surface area (Å²) in [5.41, 5.74) is 1.55. The Balaban J connectivity index is 1.97. The van der Waals surface area contributed by atoms with Crippen LogP contribution in [-0.2, 0) is 6.42 Å². The summed E-state index contributed by atoms with van der Waals surface area (Å²) in [6.07, 6.45) is 6.41. The van der Waals surface area contributed by atoms with E-state index in [1.165, 1.54) is 17.7 Å². The molecule has 1 fully saturated rings. The van der Waals surface area contributed by atoms with Gasteiger partial charge in [0.1, 0.15) is 5.69 Å². The van der Waals surface area contributed by atoms with Gasteiger partial charge in [-0.15, -0.1) is 11.3 Å². The molecule has 4 heteroatoms. The molecule has 0 amide bonds. The Bertz CT molecular complexity index is 595. The minimum absolute atomic E-state index is 0.401. The topological polar surface area (TPSA) is 34.9 Å². The standard InChI is InChI=1S/C15H18N2OS/c1-3-13-6-7-14(19-13)15-12(9-18)8-17(16-15)10(2)11-4-5-11/h6-11H,3-5H2,1-2H3. The normalized spacial score (nSPS) is 16.5. The summed E-state index contributed by atoms with van der Waals surface area (Å²) >= 11 is 1.73. The summed E-state index contributed by atoms with van der Waals surface area (Å²) in [5.74, 6) is 0.738. The minimum Gasteiger partial charge on any atom is -0.298 e. The third kappa shape index (κ3) is 2.37. The second-order valence-corrected chi connectivity index (χ2v) is 6.40. The molecule has 1 unspecified atom stereocenters. The van der Waals surface area contributed by atoms with Crippen LogP contribution in [0.2, 0.25) is 0 Å². The largest absolute Gasteiger partial charge is 0.298 e. The maximum absolute atomic E-state index is 11.2. The van der Waals surface area contributed by atoms with E-state index in [2.05, 4.69) is 31.1 Å². The Morgan fingerprint density at radius 2 is 2.32 bits per heavy atom. The van der Waals surface area contributed by atoms with Crippen molar-refractivity contribution in [1.29, 1.82) is 0 Å². The average molecular weight is 274 g/mol. The predicted molar refractivity (Wildman–Crippen MR) is 77.7 cm³/mol. The van der Waals surface area contributed by atoms with Gasteiger partial charge in [0.25, 0.3) is 0 Å². The number of rotatable bonds is 5. The molecule has 2 aromatic heterocycles. The number of hydrogen-bond acceptors (Lipinski definition) is 3. The van der Waals surface area contributed by atoms with E-state index in [1.807, 2.05) is 10.9 Å². The van der Waals surface area contributed by atoms with Crippen LogP contribution >= 0.6 is 11.3 Å². The fourth-order valence-corrected chi connectivity index (χ4v) is 3.34. The molecule has 1 atom stereocenters. The van der Waals surface area contributed by atoms with Crippen LogP contribution in [0.1, 0.15) is 48.0 Å². The van der Waals surface area contributed by atoms with Crippen molar-refractivity contribution in [3.05, 3.63) is 28.8 Å². The molecule has 0 radical (unpaired) electrons. The summed E-state index contributed by atoms with van der Waals surface area (Å²) in [6, 6.07) is 4.60. The van der Waals surface area contributed by atoms with Crippen LogP contribution in [0.15, 0.2) is 18.3 Å². The molecule has 0 aliphatic heterocycles. The quantitative estimate of drug-likeness (QED) is 0.774. The lowest BCUT2D eigenvalue weighted by Crippen LogP contribution is -2.07. The van der Waals surface area contributed by atoms with E-state index in [-0.39, 0.29) is 0 Å². The predicted octanol–water partition coefficient (Wildman–Crippen LogP) is 3.96. The van der Waals surface area contributed by atoms with E-state index in [1.54, 1.807) is 11.3 Å². The van der Waals surface area contributed by atoms with Gasteiger partial charge < -0.3 is 0 Å². The molecule has 2 aromatic rings. The van der Waals surface area contributed by atoms with Gasteiger partial charge in [0, 0.05) is 11.1 Å². The van der Waals surface area contributed by atoms with E-state index in [0.29, 0.717) is 11.6 Å². The van der Waals surface area contributed by atoms with E-state index >= 15 is 0 Å². The van der Waals surface area contributed by atoms with Crippen molar-refractivity contribution < 1.29 is 4.79 Å². The maximum atomic E-state index is 11.2. The van der Waals surface area contributed by atoms with Gasteiger partial charge in [-0.3, -0.25) is 9.48 Å². The smallest absolute Gasteiger partial charge is 0.153 e. The monoisotopic (exact) mass is 274 g/mol. The first-order valence-electron chi connectivity index (χ1n) is 6.86. The van der Waals surface area contributed by atoms with Crippen LogP contribution in [0.5, 0.6) is 0 Å². The molecule has 19 heavy (non-hydrogen) atoms. The number of carbonyl (C=O) groups excluding carboxylic acids is 1. The van der Waals surface area contributed by atoms with Crippen molar-refractivity contribution in [1.82, 2.24) is 9.78 Å². The number of thiophene rings is 1. The minimum atomic E-state index is 0.401. The molecule has 3 nitrogen and oxygen atoms in total. The molecule has 1 saturated carbocycles. The van der Waals surface area contributed by atoms with Gasteiger partial charge in [0.05, 0.1) is 16.5 Å². The van der Waals surface area contributed by atoms with Gasteiger partial charge in [-0.05, 0) is 44.2 Å². The fourth-order valence-electron chi connectivity index (χ4n) is 2.38. The SMILES string of the molecule is CCc1ccc(-c2nn(C(C)C3CC3)cc2C=O)s1. The highest BCUT2D eigenvalue weighted by molar-refractivity contribution is 7.15. The van der Waals surface area contributed by atoms with Crippen LogP contribution in [0.25, 0.3) is 10.6 Å². The van der Waals surface area contributed by atoms with E-state index in [0.717, 1.165) is 29.2 Å². The van der Waals surface area contributed by atoms with Gasteiger partial charge in [0.2, 0.25) is 0 Å². The number of aromatic nitrogens is 2. The van der Waals surface area contributed by atoms with Crippen LogP contribution in [0.4, 0.5) is 0 Å². The number of carbonyl (C=O) groups is 1. The summed E-state index contributed by atoms with van der Waals surface area (Å²) in [7, 11) is 0. The van der Waals surface area contributed by atoms with Crippen LogP contribution in [-0.4, -0.2) is 16.1 Å². The highest BCUT2D eigenvalue weighted by atomic mass is 32.1. The first-order chi connectivity index (χ1) is 9.22. The average Bonchev–Trinajstić information content (AvgIpc) is 3.02. The van der Waals surface area contributed by atoms with Gasteiger partial charge in [-0.2, -0.15) is 5.10 Å². The molecule has 3 rings (SSSR count). The lowest BCUT2D eigenvalue weighted by molar-refractivity contribution is 0.112. The Morgan fingerprint density at radius 3 is 2.89 bits per heavy atom. The zero-order valence-electron chi connectivity index (χ0n) is 11.3. The van der Waals surface area contributed by atoms with Crippen LogP contribution < -0.4 is 0 Å². The molecule has 0 N–H and O–H groups in total. The third-order valence-electron chi connectivity index (χ3n) is 3.85. The summed E-state index contributed by atoms with van der Waals surface area (Å²) in [5, 5.41) is 4.66. The molecule has 1 aliphatic rings. The van der Waals surface area contributed by atoms with E-state index in [9.17, 15) is 4.79 Å². The molecular formula is C15H18N2OS. The van der Waals surface area contributed by atoms with Crippen molar-refractivity contribution in [2.24, 2.45) is 5.92 Å². The maximum Gasteiger partial charge on any atom is 0.153 e. The van der Waals surface area contributed by atoms with E-state index in [4.69, 9.17) is 0 Å². The second-order valence-electron chi connectivity index (χ2n) is 5.23. The zero-order chi connectivity index (χ0) is 13.4. The number of aryl methyl sites for hydroxylation is 1. The Labute approximate surface area is 117 Å². The number of hydrogen-bond donors (Lipinski definition) is 0. The lowest BCUT2D eigenvalue weighted by atomic mass is 10.2. The van der Waals surface area contributed by atoms with E-state index < -0.39 is 0 Å². The van der Waals surface area contributed by atoms with Gasteiger partial charge in [-0.1, -0.05) is 6.92 Å². The van der Waals surface area contributed by atoms with Gasteiger partial charge >= 0.3 is 0 Å². The molecule has 1 aliphatic carbocycles. The van der Waals surface area contributed by atoms with Crippen molar-refractivity contribution in [2.45, 2.75) is 39.2 Å². The van der Waals surface area contributed by atoms with Gasteiger partial charge in [-0.25, -0.2) is 0 Å². The Kier molecular flexibility index (Phi) is 3.27. The molecule has 0 spiro atoms. The first-order valence-corrected chi connectivity index (χ1v) is 7.68. The number of aldehydes is 1. The van der Waals surface area contributed by atoms with Crippen molar-refractivity contribution in [3.63, 3.8) is 0 Å². The molecular weight excluding hydrogens is 256 g/mol. The van der Waals surface area contributed by atoms with Crippen molar-refractivity contribution in [2.75, 3.05) is 0 Å². The molecule has 100 valence electrons. The lowest BCUT2D eigenvalue weighted by Gasteiger charge is -2.09. The third-order valence-corrected chi connectivity index (χ3v) is 5.09. The number of nitrogens with zero attached hydrogens (tertiary/aromatic N) is 2. The molecule has 2 heterocycles. The Hall–Kier alpha value is -1.42. The summed E-state index contributed by atoms with van der Waals surface area (Å²) < 4.78 is 1.97. The molecule has 0 bridgehead atoms. The van der Waals surface area contributed by atoms with Crippen molar-refractivity contribution in [3.8, 4) is 10.6 Å². The summed E-state index contributed by atoms with van der Waals surface area (Å²) in [4.78, 5) is 13.7. The molecule has 0 saturated heterocycles. The second kappa shape index (κ2) is 4.93. The Morgan fingerprint density at radius 1 is 1.53 bits per heavy atom. The zero-order valence-corrected chi connectivity index (χ0v) is 12.1. The first kappa shape index (κ1) is 12.6. The van der Waals surface area contributed by atoms with Crippen molar-refractivity contribution >= 4 is 17.6 Å². The van der Waals surface area contributed by atoms with Crippen LogP contribution in [0.3, 0.4) is 0 Å². The highest BCUT2D eigenvalue weighted by Gasteiger charge is 2.30. The highest BCUT2D eigenvalue weighted by Crippen LogP contribution is 2.40. The molecule has 0 aromatic carbocycles.